The maximum absolute atomic E-state index is 12.4. The normalized spacial score (nSPS) is 14.2. The molecule has 24 heavy (non-hydrogen) atoms. The fourth-order valence-corrected chi connectivity index (χ4v) is 2.55. The van der Waals surface area contributed by atoms with E-state index in [0.29, 0.717) is 24.7 Å². The van der Waals surface area contributed by atoms with Crippen LogP contribution in [0.5, 0.6) is 11.5 Å². The van der Waals surface area contributed by atoms with Gasteiger partial charge in [0.05, 0.1) is 6.61 Å². The molecule has 2 rings (SSSR count). The monoisotopic (exact) mass is 326 g/mol. The Kier molecular flexibility index (Phi) is 6.44. The fraction of sp³-hybridized carbons (Fsp3) is 0.368. The second-order valence-electron chi connectivity index (χ2n) is 5.41. The maximum atomic E-state index is 12.4. The smallest absolute Gasteiger partial charge is 0.264 e. The molecule has 0 N–H and O–H groups in total. The highest BCUT2D eigenvalue weighted by Gasteiger charge is 2.21. The number of nitrogens with zero attached hydrogens (tertiary/aromatic N) is 2. The van der Waals surface area contributed by atoms with E-state index in [1.807, 2.05) is 13.0 Å². The van der Waals surface area contributed by atoms with Gasteiger partial charge in [0.1, 0.15) is 18.2 Å². The zero-order valence-electron chi connectivity index (χ0n) is 14.0. The van der Waals surface area contributed by atoms with Gasteiger partial charge < -0.3 is 14.4 Å². The average Bonchev–Trinajstić information content (AvgIpc) is 3.13. The lowest BCUT2D eigenvalue weighted by Gasteiger charge is -2.14. The number of amides is 1. The molecule has 0 atom stereocenters. The highest BCUT2D eigenvalue weighted by molar-refractivity contribution is 6.01. The van der Waals surface area contributed by atoms with E-state index in [-0.39, 0.29) is 11.5 Å². The first-order valence-corrected chi connectivity index (χ1v) is 8.11. The standard InChI is InChI=1S/C19H22N2O3/c1-3-11-24-17-8-7-15(13-18(17)23-4-2)12-16(14-20)19(22)21-9-5-6-10-21/h3,7-8,12-13H,1,4-6,9-11H2,2H3/b16-12+. The lowest BCUT2D eigenvalue weighted by Crippen LogP contribution is -2.28. The van der Waals surface area contributed by atoms with Crippen molar-refractivity contribution in [2.75, 3.05) is 26.3 Å². The van der Waals surface area contributed by atoms with E-state index in [9.17, 15) is 10.1 Å². The Morgan fingerprint density at radius 1 is 1.33 bits per heavy atom. The van der Waals surface area contributed by atoms with Gasteiger partial charge in [-0.25, -0.2) is 0 Å². The molecule has 1 fully saturated rings. The summed E-state index contributed by atoms with van der Waals surface area (Å²) in [6, 6.07) is 7.36. The molecule has 1 heterocycles. The number of ether oxygens (including phenoxy) is 2. The second kappa shape index (κ2) is 8.78. The molecule has 5 nitrogen and oxygen atoms in total. The number of carbonyl (C=O) groups excluding carboxylic acids is 1. The number of hydrogen-bond donors (Lipinski definition) is 0. The third-order valence-corrected chi connectivity index (χ3v) is 3.68. The van der Waals surface area contributed by atoms with Crippen LogP contribution in [0, 0.1) is 11.3 Å². The summed E-state index contributed by atoms with van der Waals surface area (Å²) in [6.45, 7) is 7.82. The van der Waals surface area contributed by atoms with Crippen molar-refractivity contribution in [1.82, 2.24) is 4.90 Å². The first kappa shape index (κ1) is 17.6. The first-order chi connectivity index (χ1) is 11.7. The van der Waals surface area contributed by atoms with Crippen LogP contribution in [0.4, 0.5) is 0 Å². The number of rotatable bonds is 7. The number of nitriles is 1. The highest BCUT2D eigenvalue weighted by atomic mass is 16.5. The molecule has 1 aromatic rings. The Morgan fingerprint density at radius 3 is 2.71 bits per heavy atom. The van der Waals surface area contributed by atoms with Crippen molar-refractivity contribution >= 4 is 12.0 Å². The minimum absolute atomic E-state index is 0.138. The van der Waals surface area contributed by atoms with E-state index in [1.165, 1.54) is 0 Å². The van der Waals surface area contributed by atoms with Gasteiger partial charge in [0.2, 0.25) is 0 Å². The molecule has 1 saturated heterocycles. The van der Waals surface area contributed by atoms with E-state index in [4.69, 9.17) is 9.47 Å². The van der Waals surface area contributed by atoms with Crippen LogP contribution in [-0.4, -0.2) is 37.1 Å². The summed E-state index contributed by atoms with van der Waals surface area (Å²) in [6.07, 6.45) is 5.25. The van der Waals surface area contributed by atoms with Gasteiger partial charge in [-0.1, -0.05) is 18.7 Å². The van der Waals surface area contributed by atoms with Crippen molar-refractivity contribution in [2.24, 2.45) is 0 Å². The highest BCUT2D eigenvalue weighted by Crippen LogP contribution is 2.29. The molecule has 1 aliphatic rings. The minimum Gasteiger partial charge on any atom is -0.490 e. The van der Waals surface area contributed by atoms with Gasteiger partial charge in [-0.15, -0.1) is 0 Å². The van der Waals surface area contributed by atoms with Gasteiger partial charge in [0.15, 0.2) is 11.5 Å². The molecule has 1 aliphatic heterocycles. The zero-order chi connectivity index (χ0) is 17.4. The zero-order valence-corrected chi connectivity index (χ0v) is 14.0. The van der Waals surface area contributed by atoms with Crippen molar-refractivity contribution in [3.63, 3.8) is 0 Å². The quantitative estimate of drug-likeness (QED) is 0.438. The van der Waals surface area contributed by atoms with Crippen LogP contribution in [0.25, 0.3) is 6.08 Å². The van der Waals surface area contributed by atoms with E-state index in [0.717, 1.165) is 31.5 Å². The van der Waals surface area contributed by atoms with Gasteiger partial charge in [-0.05, 0) is 43.5 Å². The molecule has 0 aliphatic carbocycles. The summed E-state index contributed by atoms with van der Waals surface area (Å²) in [5.74, 6) is 0.984. The summed E-state index contributed by atoms with van der Waals surface area (Å²) < 4.78 is 11.1. The molecule has 5 heteroatoms. The van der Waals surface area contributed by atoms with Crippen molar-refractivity contribution in [3.05, 3.63) is 42.0 Å². The molecule has 0 radical (unpaired) electrons. The minimum atomic E-state index is -0.208. The first-order valence-electron chi connectivity index (χ1n) is 8.11. The third kappa shape index (κ3) is 4.39. The van der Waals surface area contributed by atoms with Crippen molar-refractivity contribution in [1.29, 1.82) is 5.26 Å². The third-order valence-electron chi connectivity index (χ3n) is 3.68. The van der Waals surface area contributed by atoms with Crippen LogP contribution in [-0.2, 0) is 4.79 Å². The predicted octanol–water partition coefficient (Wildman–Crippen LogP) is 3.18. The van der Waals surface area contributed by atoms with Crippen LogP contribution < -0.4 is 9.47 Å². The predicted molar refractivity (Wildman–Crippen MR) is 92.7 cm³/mol. The molecular formula is C19H22N2O3. The van der Waals surface area contributed by atoms with Crippen LogP contribution in [0.3, 0.4) is 0 Å². The molecule has 0 unspecified atom stereocenters. The molecule has 0 aromatic heterocycles. The van der Waals surface area contributed by atoms with E-state index < -0.39 is 0 Å². The van der Waals surface area contributed by atoms with E-state index in [1.54, 1.807) is 35.3 Å². The summed E-state index contributed by atoms with van der Waals surface area (Å²) in [5.41, 5.74) is 0.868. The molecule has 0 saturated carbocycles. The van der Waals surface area contributed by atoms with Crippen molar-refractivity contribution < 1.29 is 14.3 Å². The Hall–Kier alpha value is -2.74. The van der Waals surface area contributed by atoms with Crippen LogP contribution in [0.1, 0.15) is 25.3 Å². The van der Waals surface area contributed by atoms with Gasteiger partial charge in [-0.3, -0.25) is 4.79 Å². The Bertz CT molecular complexity index is 668. The Morgan fingerprint density at radius 2 is 2.08 bits per heavy atom. The number of benzene rings is 1. The van der Waals surface area contributed by atoms with E-state index in [2.05, 4.69) is 6.58 Å². The Balaban J connectivity index is 2.25. The summed E-state index contributed by atoms with van der Waals surface area (Å²) in [4.78, 5) is 14.1. The molecule has 0 bridgehead atoms. The second-order valence-corrected chi connectivity index (χ2v) is 5.41. The molecule has 1 amide bonds. The average molecular weight is 326 g/mol. The van der Waals surface area contributed by atoms with Gasteiger partial charge in [0.25, 0.3) is 5.91 Å². The van der Waals surface area contributed by atoms with Crippen LogP contribution in [0.2, 0.25) is 0 Å². The summed E-state index contributed by atoms with van der Waals surface area (Å²) >= 11 is 0. The van der Waals surface area contributed by atoms with Crippen molar-refractivity contribution in [3.8, 4) is 17.6 Å². The van der Waals surface area contributed by atoms with Crippen LogP contribution in [0.15, 0.2) is 36.4 Å². The number of carbonyl (C=O) groups is 1. The maximum Gasteiger partial charge on any atom is 0.264 e. The molecular weight excluding hydrogens is 304 g/mol. The molecule has 126 valence electrons. The summed E-state index contributed by atoms with van der Waals surface area (Å²) in [5, 5.41) is 9.33. The van der Waals surface area contributed by atoms with Gasteiger partial charge in [0, 0.05) is 13.1 Å². The van der Waals surface area contributed by atoms with Gasteiger partial charge in [-0.2, -0.15) is 5.26 Å². The fourth-order valence-electron chi connectivity index (χ4n) is 2.55. The lowest BCUT2D eigenvalue weighted by atomic mass is 10.1. The van der Waals surface area contributed by atoms with Crippen molar-refractivity contribution in [2.45, 2.75) is 19.8 Å². The number of hydrogen-bond acceptors (Lipinski definition) is 4. The topological polar surface area (TPSA) is 62.6 Å². The lowest BCUT2D eigenvalue weighted by molar-refractivity contribution is -0.125. The van der Waals surface area contributed by atoms with Crippen LogP contribution >= 0.6 is 0 Å². The summed E-state index contributed by atoms with van der Waals surface area (Å²) in [7, 11) is 0. The molecule has 1 aromatic carbocycles. The molecule has 0 spiro atoms. The Labute approximate surface area is 142 Å². The van der Waals surface area contributed by atoms with E-state index >= 15 is 0 Å². The van der Waals surface area contributed by atoms with Gasteiger partial charge >= 0.3 is 0 Å². The number of likely N-dealkylation sites (tertiary alicyclic amines) is 1. The largest absolute Gasteiger partial charge is 0.490 e. The SMILES string of the molecule is C=CCOc1ccc(/C=C(\C#N)C(=O)N2CCCC2)cc1OCC.